The first-order valence-electron chi connectivity index (χ1n) is 5.93. The molecule has 100 valence electrons. The van der Waals surface area contributed by atoms with Crippen LogP contribution in [0.2, 0.25) is 0 Å². The number of pyridine rings is 1. The molecule has 1 aromatic heterocycles. The van der Waals surface area contributed by atoms with E-state index in [-0.39, 0.29) is 11.7 Å². The maximum atomic E-state index is 13.5. The minimum atomic E-state index is -0.666. The Bertz CT molecular complexity index is 535. The van der Waals surface area contributed by atoms with Crippen molar-refractivity contribution in [3.63, 3.8) is 0 Å². The zero-order valence-electron chi connectivity index (χ0n) is 10.3. The SMILES string of the molecule is CCC(Nc1c(F)cccc1F)c1ccc(F)cn1. The summed E-state index contributed by atoms with van der Waals surface area (Å²) in [4.78, 5) is 3.92. The normalized spacial score (nSPS) is 12.2. The zero-order valence-corrected chi connectivity index (χ0v) is 10.3. The molecule has 1 N–H and O–H groups in total. The highest BCUT2D eigenvalue weighted by atomic mass is 19.1. The maximum Gasteiger partial charge on any atom is 0.149 e. The molecule has 0 bridgehead atoms. The summed E-state index contributed by atoms with van der Waals surface area (Å²) < 4.78 is 39.9. The molecule has 0 saturated heterocycles. The summed E-state index contributed by atoms with van der Waals surface area (Å²) in [6, 6.07) is 6.03. The number of anilines is 1. The van der Waals surface area contributed by atoms with Crippen LogP contribution in [0.4, 0.5) is 18.9 Å². The molecule has 1 unspecified atom stereocenters. The van der Waals surface area contributed by atoms with Crippen LogP contribution in [0.25, 0.3) is 0 Å². The first-order valence-corrected chi connectivity index (χ1v) is 5.93. The van der Waals surface area contributed by atoms with Gasteiger partial charge in [-0.3, -0.25) is 4.98 Å². The molecule has 1 aromatic carbocycles. The predicted octanol–water partition coefficient (Wildman–Crippen LogP) is 4.06. The molecule has 0 saturated carbocycles. The van der Waals surface area contributed by atoms with E-state index in [1.165, 1.54) is 30.3 Å². The minimum absolute atomic E-state index is 0.194. The van der Waals surface area contributed by atoms with Gasteiger partial charge in [-0.1, -0.05) is 13.0 Å². The number of aromatic nitrogens is 1. The summed E-state index contributed by atoms with van der Waals surface area (Å²) in [6.07, 6.45) is 1.64. The number of hydrogen-bond donors (Lipinski definition) is 1. The Hall–Kier alpha value is -2.04. The molecular weight excluding hydrogens is 253 g/mol. The summed E-state index contributed by atoms with van der Waals surface area (Å²) in [7, 11) is 0. The van der Waals surface area contributed by atoms with E-state index in [2.05, 4.69) is 10.3 Å². The molecule has 0 radical (unpaired) electrons. The lowest BCUT2D eigenvalue weighted by Gasteiger charge is -2.18. The lowest BCUT2D eigenvalue weighted by molar-refractivity contribution is 0.578. The van der Waals surface area contributed by atoms with Gasteiger partial charge >= 0.3 is 0 Å². The Kier molecular flexibility index (Phi) is 4.04. The Labute approximate surface area is 109 Å². The quantitative estimate of drug-likeness (QED) is 0.902. The first-order chi connectivity index (χ1) is 9.11. The molecular formula is C14H13F3N2. The Morgan fingerprint density at radius 1 is 1.11 bits per heavy atom. The smallest absolute Gasteiger partial charge is 0.149 e. The molecule has 2 nitrogen and oxygen atoms in total. The van der Waals surface area contributed by atoms with Crippen molar-refractivity contribution in [3.8, 4) is 0 Å². The predicted molar refractivity (Wildman–Crippen MR) is 67.2 cm³/mol. The highest BCUT2D eigenvalue weighted by molar-refractivity contribution is 5.47. The number of halogens is 3. The average molecular weight is 266 g/mol. The van der Waals surface area contributed by atoms with Crippen molar-refractivity contribution < 1.29 is 13.2 Å². The molecule has 0 aliphatic carbocycles. The van der Waals surface area contributed by atoms with E-state index in [1.807, 2.05) is 6.92 Å². The topological polar surface area (TPSA) is 24.9 Å². The van der Waals surface area contributed by atoms with E-state index in [9.17, 15) is 13.2 Å². The second-order valence-corrected chi connectivity index (χ2v) is 4.10. The highest BCUT2D eigenvalue weighted by Gasteiger charge is 2.15. The molecule has 0 spiro atoms. The number of benzene rings is 1. The van der Waals surface area contributed by atoms with Crippen molar-refractivity contribution in [1.29, 1.82) is 0 Å². The average Bonchev–Trinajstić information content (AvgIpc) is 2.40. The lowest BCUT2D eigenvalue weighted by atomic mass is 10.1. The number of hydrogen-bond acceptors (Lipinski definition) is 2. The highest BCUT2D eigenvalue weighted by Crippen LogP contribution is 2.25. The van der Waals surface area contributed by atoms with Crippen molar-refractivity contribution in [3.05, 3.63) is 59.7 Å². The molecule has 2 aromatic rings. The van der Waals surface area contributed by atoms with Gasteiger partial charge in [0.05, 0.1) is 17.9 Å². The molecule has 0 amide bonds. The van der Waals surface area contributed by atoms with Gasteiger partial charge in [0.1, 0.15) is 23.1 Å². The fourth-order valence-electron chi connectivity index (χ4n) is 1.79. The Morgan fingerprint density at radius 3 is 2.32 bits per heavy atom. The minimum Gasteiger partial charge on any atom is -0.372 e. The van der Waals surface area contributed by atoms with Crippen LogP contribution in [0.3, 0.4) is 0 Å². The summed E-state index contributed by atoms with van der Waals surface area (Å²) >= 11 is 0. The van der Waals surface area contributed by atoms with E-state index in [1.54, 1.807) is 0 Å². The van der Waals surface area contributed by atoms with Gasteiger partial charge in [0.15, 0.2) is 0 Å². The number of rotatable bonds is 4. The van der Waals surface area contributed by atoms with Gasteiger partial charge in [-0.15, -0.1) is 0 Å². The third-order valence-electron chi connectivity index (χ3n) is 2.80. The van der Waals surface area contributed by atoms with E-state index >= 15 is 0 Å². The van der Waals surface area contributed by atoms with Crippen LogP contribution in [0.1, 0.15) is 25.1 Å². The third-order valence-corrected chi connectivity index (χ3v) is 2.80. The Morgan fingerprint density at radius 2 is 1.79 bits per heavy atom. The van der Waals surface area contributed by atoms with Gasteiger partial charge in [-0.25, -0.2) is 13.2 Å². The molecule has 0 aliphatic rings. The van der Waals surface area contributed by atoms with Gasteiger partial charge in [-0.2, -0.15) is 0 Å². The van der Waals surface area contributed by atoms with Gasteiger partial charge in [0.2, 0.25) is 0 Å². The largest absolute Gasteiger partial charge is 0.372 e. The summed E-state index contributed by atoms with van der Waals surface area (Å²) in [5.41, 5.74) is 0.340. The number of nitrogens with one attached hydrogen (secondary N) is 1. The number of nitrogens with zero attached hydrogens (tertiary/aromatic N) is 1. The number of para-hydroxylation sites is 1. The van der Waals surface area contributed by atoms with E-state index in [0.717, 1.165) is 6.20 Å². The van der Waals surface area contributed by atoms with Gasteiger partial charge in [-0.05, 0) is 30.7 Å². The summed E-state index contributed by atoms with van der Waals surface area (Å²) in [5, 5.41) is 2.77. The second kappa shape index (κ2) is 5.73. The summed E-state index contributed by atoms with van der Waals surface area (Å²) in [5.74, 6) is -1.78. The van der Waals surface area contributed by atoms with Crippen molar-refractivity contribution in [2.45, 2.75) is 19.4 Å². The van der Waals surface area contributed by atoms with Crippen LogP contribution in [0.15, 0.2) is 36.5 Å². The molecule has 1 atom stereocenters. The van der Waals surface area contributed by atoms with E-state index in [0.29, 0.717) is 12.1 Å². The fraction of sp³-hybridized carbons (Fsp3) is 0.214. The second-order valence-electron chi connectivity index (χ2n) is 4.10. The lowest BCUT2D eigenvalue weighted by Crippen LogP contribution is -2.13. The third kappa shape index (κ3) is 3.05. The van der Waals surface area contributed by atoms with Crippen LogP contribution in [-0.4, -0.2) is 4.98 Å². The molecule has 2 rings (SSSR count). The molecule has 1 heterocycles. The van der Waals surface area contributed by atoms with Crippen LogP contribution < -0.4 is 5.32 Å². The van der Waals surface area contributed by atoms with Crippen molar-refractivity contribution in [1.82, 2.24) is 4.98 Å². The zero-order chi connectivity index (χ0) is 13.8. The first kappa shape index (κ1) is 13.4. The molecule has 0 fully saturated rings. The van der Waals surface area contributed by atoms with Gasteiger partial charge in [0.25, 0.3) is 0 Å². The van der Waals surface area contributed by atoms with E-state index in [4.69, 9.17) is 0 Å². The molecule has 5 heteroatoms. The van der Waals surface area contributed by atoms with Crippen LogP contribution in [0.5, 0.6) is 0 Å². The molecule has 19 heavy (non-hydrogen) atoms. The van der Waals surface area contributed by atoms with Crippen LogP contribution in [0, 0.1) is 17.5 Å². The van der Waals surface area contributed by atoms with Gasteiger partial charge in [0, 0.05) is 0 Å². The van der Waals surface area contributed by atoms with Crippen molar-refractivity contribution >= 4 is 5.69 Å². The Balaban J connectivity index is 2.26. The molecule has 0 aliphatic heterocycles. The van der Waals surface area contributed by atoms with Crippen molar-refractivity contribution in [2.75, 3.05) is 5.32 Å². The maximum absolute atomic E-state index is 13.5. The monoisotopic (exact) mass is 266 g/mol. The van der Waals surface area contributed by atoms with E-state index < -0.39 is 17.5 Å². The van der Waals surface area contributed by atoms with Crippen LogP contribution in [-0.2, 0) is 0 Å². The summed E-state index contributed by atoms with van der Waals surface area (Å²) in [6.45, 7) is 1.85. The van der Waals surface area contributed by atoms with Crippen molar-refractivity contribution in [2.24, 2.45) is 0 Å². The van der Waals surface area contributed by atoms with Crippen LogP contribution >= 0.6 is 0 Å². The standard InChI is InChI=1S/C14H13F3N2/c1-2-12(13-7-6-9(15)8-18-13)19-14-10(16)4-3-5-11(14)17/h3-8,12,19H,2H2,1H3. The fourth-order valence-corrected chi connectivity index (χ4v) is 1.79. The van der Waals surface area contributed by atoms with Gasteiger partial charge < -0.3 is 5.32 Å².